The van der Waals surface area contributed by atoms with E-state index in [0.717, 1.165) is 22.3 Å². The van der Waals surface area contributed by atoms with E-state index in [2.05, 4.69) is 34.0 Å². The highest BCUT2D eigenvalue weighted by Gasteiger charge is 2.33. The quantitative estimate of drug-likeness (QED) is 0.520. The fraction of sp³-hybridized carbons (Fsp3) is 0.238. The topological polar surface area (TPSA) is 64.6 Å². The minimum Gasteiger partial charge on any atom is -0.468 e. The van der Waals surface area contributed by atoms with Crippen molar-refractivity contribution in [2.75, 3.05) is 20.8 Å². The number of hydrogen-bond acceptors (Lipinski definition) is 5. The van der Waals surface area contributed by atoms with Crippen LogP contribution >= 0.6 is 0 Å². The second kappa shape index (κ2) is 7.85. The Hall–Kier alpha value is -3.10. The van der Waals surface area contributed by atoms with Crippen molar-refractivity contribution in [1.82, 2.24) is 5.32 Å². The molecule has 2 aromatic carbocycles. The van der Waals surface area contributed by atoms with Gasteiger partial charge < -0.3 is 9.47 Å². The molecule has 3 rings (SSSR count). The SMILES string of the molecule is COC(=O)C#CC(NCC(=O)OC)C1c2ccccc2-c2ccccc21. The summed E-state index contributed by atoms with van der Waals surface area (Å²) >= 11 is 0. The molecule has 0 saturated heterocycles. The Bertz CT molecular complexity index is 849. The van der Waals surface area contributed by atoms with E-state index < -0.39 is 18.0 Å². The molecule has 0 amide bonds. The molecule has 132 valence electrons. The van der Waals surface area contributed by atoms with Crippen molar-refractivity contribution in [3.8, 4) is 23.0 Å². The maximum absolute atomic E-state index is 11.6. The van der Waals surface area contributed by atoms with E-state index in [0.29, 0.717) is 0 Å². The fourth-order valence-corrected chi connectivity index (χ4v) is 3.26. The minimum atomic E-state index is -0.616. The zero-order valence-electron chi connectivity index (χ0n) is 14.6. The number of ether oxygens (including phenoxy) is 2. The Balaban J connectivity index is 2.03. The summed E-state index contributed by atoms with van der Waals surface area (Å²) in [5, 5.41) is 3.12. The predicted molar refractivity (Wildman–Crippen MR) is 97.3 cm³/mol. The molecule has 0 fully saturated rings. The fourth-order valence-electron chi connectivity index (χ4n) is 3.26. The van der Waals surface area contributed by atoms with E-state index in [1.807, 2.05) is 36.4 Å². The maximum Gasteiger partial charge on any atom is 0.384 e. The van der Waals surface area contributed by atoms with E-state index in [1.54, 1.807) is 0 Å². The normalized spacial score (nSPS) is 13.0. The number of benzene rings is 2. The van der Waals surface area contributed by atoms with Crippen LogP contribution in [0.15, 0.2) is 48.5 Å². The zero-order valence-corrected chi connectivity index (χ0v) is 14.6. The van der Waals surface area contributed by atoms with Gasteiger partial charge in [-0.25, -0.2) is 4.79 Å². The number of hydrogen-bond donors (Lipinski definition) is 1. The first-order chi connectivity index (χ1) is 12.7. The van der Waals surface area contributed by atoms with Crippen molar-refractivity contribution in [3.63, 3.8) is 0 Å². The van der Waals surface area contributed by atoms with Gasteiger partial charge in [-0.15, -0.1) is 0 Å². The largest absolute Gasteiger partial charge is 0.468 e. The average molecular weight is 349 g/mol. The summed E-state index contributed by atoms with van der Waals surface area (Å²) in [5.41, 5.74) is 4.49. The lowest BCUT2D eigenvalue weighted by atomic mass is 9.89. The van der Waals surface area contributed by atoms with Crippen LogP contribution in [-0.4, -0.2) is 38.7 Å². The third-order valence-electron chi connectivity index (χ3n) is 4.42. The molecule has 1 aliphatic carbocycles. The van der Waals surface area contributed by atoms with Crippen molar-refractivity contribution in [2.45, 2.75) is 12.0 Å². The standard InChI is InChI=1S/C21H19NO4/c1-25-19(23)12-11-18(22-13-20(24)26-2)21-16-9-5-3-7-14(16)15-8-4-6-10-17(15)21/h3-10,18,21-22H,13H2,1-2H3. The van der Waals surface area contributed by atoms with Gasteiger partial charge in [0.05, 0.1) is 26.8 Å². The number of carbonyl (C=O) groups excluding carboxylic acids is 2. The lowest BCUT2D eigenvalue weighted by Gasteiger charge is -2.22. The van der Waals surface area contributed by atoms with Crippen LogP contribution in [0.25, 0.3) is 11.1 Å². The van der Waals surface area contributed by atoms with Crippen LogP contribution in [0.1, 0.15) is 17.0 Å². The number of methoxy groups -OCH3 is 2. The lowest BCUT2D eigenvalue weighted by molar-refractivity contribution is -0.139. The third-order valence-corrected chi connectivity index (χ3v) is 4.42. The van der Waals surface area contributed by atoms with Gasteiger partial charge in [0.1, 0.15) is 0 Å². The highest BCUT2D eigenvalue weighted by atomic mass is 16.5. The number of nitrogens with one attached hydrogen (secondary N) is 1. The number of esters is 2. The number of rotatable bonds is 4. The molecule has 2 aromatic rings. The van der Waals surface area contributed by atoms with Gasteiger partial charge in [0.2, 0.25) is 0 Å². The van der Waals surface area contributed by atoms with Gasteiger partial charge in [-0.2, -0.15) is 0 Å². The smallest absolute Gasteiger partial charge is 0.384 e. The first-order valence-corrected chi connectivity index (χ1v) is 8.23. The molecule has 0 bridgehead atoms. The molecule has 0 aliphatic heterocycles. The summed E-state index contributed by atoms with van der Waals surface area (Å²) in [6, 6.07) is 15.7. The van der Waals surface area contributed by atoms with Gasteiger partial charge in [-0.1, -0.05) is 54.5 Å². The summed E-state index contributed by atoms with van der Waals surface area (Å²) in [7, 11) is 2.62. The highest BCUT2D eigenvalue weighted by molar-refractivity contribution is 5.88. The second-order valence-electron chi connectivity index (χ2n) is 5.85. The van der Waals surface area contributed by atoms with Crippen LogP contribution in [0, 0.1) is 11.8 Å². The first-order valence-electron chi connectivity index (χ1n) is 8.23. The van der Waals surface area contributed by atoms with Gasteiger partial charge in [0.25, 0.3) is 0 Å². The molecular weight excluding hydrogens is 330 g/mol. The van der Waals surface area contributed by atoms with E-state index in [1.165, 1.54) is 14.2 Å². The van der Waals surface area contributed by atoms with Gasteiger partial charge in [0.15, 0.2) is 0 Å². The van der Waals surface area contributed by atoms with Crippen molar-refractivity contribution >= 4 is 11.9 Å². The summed E-state index contributed by atoms with van der Waals surface area (Å²) < 4.78 is 9.32. The van der Waals surface area contributed by atoms with E-state index in [4.69, 9.17) is 4.74 Å². The second-order valence-corrected chi connectivity index (χ2v) is 5.85. The number of carbonyl (C=O) groups is 2. The maximum atomic E-state index is 11.6. The Morgan fingerprint density at radius 2 is 1.58 bits per heavy atom. The van der Waals surface area contributed by atoms with Crippen LogP contribution in [0.3, 0.4) is 0 Å². The average Bonchev–Trinajstić information content (AvgIpc) is 3.02. The molecule has 0 aromatic heterocycles. The van der Waals surface area contributed by atoms with Crippen molar-refractivity contribution in [1.29, 1.82) is 0 Å². The molecule has 0 saturated carbocycles. The van der Waals surface area contributed by atoms with Crippen LogP contribution < -0.4 is 5.32 Å². The van der Waals surface area contributed by atoms with Gasteiger partial charge in [-0.05, 0) is 22.3 Å². The van der Waals surface area contributed by atoms with Crippen molar-refractivity contribution in [3.05, 3.63) is 59.7 Å². The van der Waals surface area contributed by atoms with Crippen LogP contribution in [-0.2, 0) is 19.1 Å². The molecule has 26 heavy (non-hydrogen) atoms. The Morgan fingerprint density at radius 1 is 1.00 bits per heavy atom. The molecule has 5 nitrogen and oxygen atoms in total. The molecular formula is C21H19NO4. The number of fused-ring (bicyclic) bond motifs is 3. The molecule has 1 aliphatic rings. The molecule has 1 atom stereocenters. The van der Waals surface area contributed by atoms with E-state index in [-0.39, 0.29) is 12.5 Å². The molecule has 1 unspecified atom stereocenters. The predicted octanol–water partition coefficient (Wildman–Crippen LogP) is 2.11. The zero-order chi connectivity index (χ0) is 18.5. The van der Waals surface area contributed by atoms with E-state index in [9.17, 15) is 9.59 Å². The highest BCUT2D eigenvalue weighted by Crippen LogP contribution is 2.45. The van der Waals surface area contributed by atoms with Gasteiger partial charge in [0, 0.05) is 11.8 Å². The molecule has 0 spiro atoms. The van der Waals surface area contributed by atoms with Crippen molar-refractivity contribution < 1.29 is 19.1 Å². The van der Waals surface area contributed by atoms with Gasteiger partial charge in [-0.3, -0.25) is 10.1 Å². The molecule has 5 heteroatoms. The lowest BCUT2D eigenvalue weighted by Crippen LogP contribution is -2.37. The van der Waals surface area contributed by atoms with Crippen LogP contribution in [0.2, 0.25) is 0 Å². The summed E-state index contributed by atoms with van der Waals surface area (Å²) in [6.45, 7) is -0.00213. The first kappa shape index (κ1) is 17.7. The Kier molecular flexibility index (Phi) is 5.35. The monoisotopic (exact) mass is 349 g/mol. The minimum absolute atomic E-state index is 0.00213. The van der Waals surface area contributed by atoms with Crippen LogP contribution in [0.5, 0.6) is 0 Å². The molecule has 1 N–H and O–H groups in total. The summed E-state index contributed by atoms with van der Waals surface area (Å²) in [4.78, 5) is 23.1. The van der Waals surface area contributed by atoms with Gasteiger partial charge >= 0.3 is 11.9 Å². The molecule has 0 heterocycles. The van der Waals surface area contributed by atoms with E-state index >= 15 is 0 Å². The summed E-state index contributed by atoms with van der Waals surface area (Å²) in [6.07, 6.45) is 0. The third kappa shape index (κ3) is 3.46. The Labute approximate surface area is 152 Å². The van der Waals surface area contributed by atoms with Crippen LogP contribution in [0.4, 0.5) is 0 Å². The summed E-state index contributed by atoms with van der Waals surface area (Å²) in [5.74, 6) is 4.30. The van der Waals surface area contributed by atoms with Crippen molar-refractivity contribution in [2.24, 2.45) is 0 Å². The Morgan fingerprint density at radius 3 is 2.12 bits per heavy atom. The molecule has 0 radical (unpaired) electrons.